The van der Waals surface area contributed by atoms with E-state index < -0.39 is 0 Å². The van der Waals surface area contributed by atoms with E-state index in [4.69, 9.17) is 0 Å². The Morgan fingerprint density at radius 3 is 2.92 bits per heavy atom. The summed E-state index contributed by atoms with van der Waals surface area (Å²) < 4.78 is 1.77. The molecule has 0 bridgehead atoms. The van der Waals surface area contributed by atoms with Crippen LogP contribution in [0, 0.1) is 12.8 Å². The van der Waals surface area contributed by atoms with E-state index in [-0.39, 0.29) is 11.9 Å². The van der Waals surface area contributed by atoms with Crippen molar-refractivity contribution < 1.29 is 4.79 Å². The van der Waals surface area contributed by atoms with Gasteiger partial charge in [-0.3, -0.25) is 14.6 Å². The van der Waals surface area contributed by atoms with E-state index in [2.05, 4.69) is 30.8 Å². The van der Waals surface area contributed by atoms with Crippen LogP contribution in [0.2, 0.25) is 0 Å². The summed E-state index contributed by atoms with van der Waals surface area (Å²) in [5.74, 6) is 1.81. The van der Waals surface area contributed by atoms with Crippen molar-refractivity contribution in [3.05, 3.63) is 23.5 Å². The Morgan fingerprint density at radius 1 is 1.42 bits per heavy atom. The van der Waals surface area contributed by atoms with E-state index in [0.717, 1.165) is 24.7 Å². The SMILES string of the molecule is Cc1nc([C@@H](C)NC(=O)c2cn(CCC3CCCCC3)nn2)n[nH]1. The summed E-state index contributed by atoms with van der Waals surface area (Å²) in [7, 11) is 0. The van der Waals surface area contributed by atoms with Crippen LogP contribution < -0.4 is 5.32 Å². The van der Waals surface area contributed by atoms with Gasteiger partial charge in [0.1, 0.15) is 5.82 Å². The highest BCUT2D eigenvalue weighted by molar-refractivity contribution is 5.92. The van der Waals surface area contributed by atoms with Crippen molar-refractivity contribution in [2.75, 3.05) is 0 Å². The van der Waals surface area contributed by atoms with Crippen LogP contribution in [0.3, 0.4) is 0 Å². The van der Waals surface area contributed by atoms with Crippen molar-refractivity contribution in [3.63, 3.8) is 0 Å². The van der Waals surface area contributed by atoms with Gasteiger partial charge in [-0.25, -0.2) is 4.98 Å². The molecule has 130 valence electrons. The zero-order valence-electron chi connectivity index (χ0n) is 14.3. The molecule has 2 aromatic rings. The lowest BCUT2D eigenvalue weighted by Crippen LogP contribution is -2.27. The Balaban J connectivity index is 1.51. The number of aromatic amines is 1. The van der Waals surface area contributed by atoms with Crippen molar-refractivity contribution in [3.8, 4) is 0 Å². The fourth-order valence-corrected chi connectivity index (χ4v) is 3.19. The lowest BCUT2D eigenvalue weighted by molar-refractivity contribution is 0.0933. The van der Waals surface area contributed by atoms with Crippen LogP contribution in [0.15, 0.2) is 6.20 Å². The normalized spacial score (nSPS) is 16.9. The molecule has 2 N–H and O–H groups in total. The topological polar surface area (TPSA) is 101 Å². The van der Waals surface area contributed by atoms with Crippen LogP contribution in [0.25, 0.3) is 0 Å². The molecule has 1 amide bonds. The molecule has 0 aliphatic heterocycles. The Kier molecular flexibility index (Phi) is 5.22. The number of carbonyl (C=O) groups is 1. The molecule has 1 fully saturated rings. The van der Waals surface area contributed by atoms with Crippen LogP contribution in [0.1, 0.15) is 73.6 Å². The molecule has 2 heterocycles. The predicted octanol–water partition coefficient (Wildman–Crippen LogP) is 2.17. The number of rotatable bonds is 6. The van der Waals surface area contributed by atoms with E-state index in [1.54, 1.807) is 10.9 Å². The van der Waals surface area contributed by atoms with Crippen molar-refractivity contribution in [2.24, 2.45) is 5.92 Å². The second kappa shape index (κ2) is 7.55. The first-order valence-corrected chi connectivity index (χ1v) is 8.71. The van der Waals surface area contributed by atoms with Gasteiger partial charge >= 0.3 is 0 Å². The maximum absolute atomic E-state index is 12.3. The van der Waals surface area contributed by atoms with Crippen LogP contribution in [0.4, 0.5) is 0 Å². The molecule has 8 nitrogen and oxygen atoms in total. The smallest absolute Gasteiger partial charge is 0.274 e. The summed E-state index contributed by atoms with van der Waals surface area (Å²) >= 11 is 0. The fourth-order valence-electron chi connectivity index (χ4n) is 3.19. The third-order valence-electron chi connectivity index (χ3n) is 4.61. The molecule has 0 spiro atoms. The fraction of sp³-hybridized carbons (Fsp3) is 0.688. The summed E-state index contributed by atoms with van der Waals surface area (Å²) in [6.45, 7) is 4.48. The molecule has 1 atom stereocenters. The van der Waals surface area contributed by atoms with E-state index in [1.807, 2.05) is 13.8 Å². The van der Waals surface area contributed by atoms with Gasteiger partial charge in [-0.05, 0) is 26.2 Å². The molecule has 3 rings (SSSR count). The van der Waals surface area contributed by atoms with Gasteiger partial charge in [0.05, 0.1) is 12.2 Å². The molecule has 0 unspecified atom stereocenters. The van der Waals surface area contributed by atoms with Crippen molar-refractivity contribution in [2.45, 2.75) is 65.0 Å². The number of nitrogens with one attached hydrogen (secondary N) is 2. The first-order chi connectivity index (χ1) is 11.6. The van der Waals surface area contributed by atoms with Crippen LogP contribution in [-0.4, -0.2) is 36.1 Å². The number of carbonyl (C=O) groups excluding carboxylic acids is 1. The highest BCUT2D eigenvalue weighted by Crippen LogP contribution is 2.26. The minimum Gasteiger partial charge on any atom is -0.341 e. The van der Waals surface area contributed by atoms with Crippen molar-refractivity contribution >= 4 is 5.91 Å². The molecule has 1 aliphatic rings. The number of aryl methyl sites for hydroxylation is 2. The predicted molar refractivity (Wildman–Crippen MR) is 88.2 cm³/mol. The molecule has 24 heavy (non-hydrogen) atoms. The first-order valence-electron chi connectivity index (χ1n) is 8.71. The van der Waals surface area contributed by atoms with E-state index in [1.165, 1.54) is 32.1 Å². The molecule has 0 aromatic carbocycles. The van der Waals surface area contributed by atoms with Crippen molar-refractivity contribution in [1.29, 1.82) is 0 Å². The van der Waals surface area contributed by atoms with E-state index >= 15 is 0 Å². The minimum absolute atomic E-state index is 0.256. The minimum atomic E-state index is -0.283. The molecule has 1 saturated carbocycles. The lowest BCUT2D eigenvalue weighted by Gasteiger charge is -2.20. The molecule has 8 heteroatoms. The van der Waals surface area contributed by atoms with Gasteiger partial charge in [-0.2, -0.15) is 5.10 Å². The van der Waals surface area contributed by atoms with Gasteiger partial charge in [-0.1, -0.05) is 37.3 Å². The largest absolute Gasteiger partial charge is 0.341 e. The van der Waals surface area contributed by atoms with Gasteiger partial charge < -0.3 is 5.32 Å². The van der Waals surface area contributed by atoms with Gasteiger partial charge in [0.2, 0.25) is 0 Å². The van der Waals surface area contributed by atoms with Gasteiger partial charge in [0.25, 0.3) is 5.91 Å². The highest BCUT2D eigenvalue weighted by atomic mass is 16.2. The second-order valence-corrected chi connectivity index (χ2v) is 6.63. The number of hydrogen-bond acceptors (Lipinski definition) is 5. The molecule has 0 saturated heterocycles. The van der Waals surface area contributed by atoms with E-state index in [0.29, 0.717) is 11.5 Å². The second-order valence-electron chi connectivity index (χ2n) is 6.63. The number of hydrogen-bond donors (Lipinski definition) is 2. The van der Waals surface area contributed by atoms with Crippen LogP contribution in [-0.2, 0) is 6.54 Å². The monoisotopic (exact) mass is 331 g/mol. The van der Waals surface area contributed by atoms with E-state index in [9.17, 15) is 4.79 Å². The summed E-state index contributed by atoms with van der Waals surface area (Å²) in [6, 6.07) is -0.283. The summed E-state index contributed by atoms with van der Waals surface area (Å²) in [6.07, 6.45) is 9.51. The number of H-pyrrole nitrogens is 1. The zero-order chi connectivity index (χ0) is 16.9. The average Bonchev–Trinajstić information content (AvgIpc) is 3.23. The van der Waals surface area contributed by atoms with Gasteiger partial charge in [0.15, 0.2) is 11.5 Å². The Labute approximate surface area is 141 Å². The van der Waals surface area contributed by atoms with Crippen molar-refractivity contribution in [1.82, 2.24) is 35.5 Å². The van der Waals surface area contributed by atoms with Gasteiger partial charge in [-0.15, -0.1) is 5.10 Å². The Bertz CT molecular complexity index is 672. The average molecular weight is 331 g/mol. The molecule has 1 aliphatic carbocycles. The maximum Gasteiger partial charge on any atom is 0.274 e. The van der Waals surface area contributed by atoms with Crippen LogP contribution >= 0.6 is 0 Å². The number of amides is 1. The first kappa shape index (κ1) is 16.6. The van der Waals surface area contributed by atoms with Crippen LogP contribution in [0.5, 0.6) is 0 Å². The standard InChI is InChI=1S/C16H25N7O/c1-11(15-18-12(2)19-21-15)17-16(24)14-10-23(22-20-14)9-8-13-6-4-3-5-7-13/h10-11,13H,3-9H2,1-2H3,(H,17,24)(H,18,19,21)/t11-/m1/s1. The third kappa shape index (κ3) is 4.18. The molecular weight excluding hydrogens is 306 g/mol. The summed E-state index contributed by atoms with van der Waals surface area (Å²) in [5.41, 5.74) is 0.331. The number of nitrogens with zero attached hydrogens (tertiary/aromatic N) is 5. The Morgan fingerprint density at radius 2 is 2.21 bits per heavy atom. The molecule has 0 radical (unpaired) electrons. The summed E-state index contributed by atoms with van der Waals surface area (Å²) in [4.78, 5) is 16.5. The Hall–Kier alpha value is -2.25. The lowest BCUT2D eigenvalue weighted by atomic mass is 9.87. The maximum atomic E-state index is 12.3. The highest BCUT2D eigenvalue weighted by Gasteiger charge is 2.18. The third-order valence-corrected chi connectivity index (χ3v) is 4.61. The zero-order valence-corrected chi connectivity index (χ0v) is 14.3. The molecule has 2 aromatic heterocycles. The quantitative estimate of drug-likeness (QED) is 0.844. The van der Waals surface area contributed by atoms with Gasteiger partial charge in [0, 0.05) is 6.54 Å². The number of aromatic nitrogens is 6. The molecular formula is C16H25N7O. The summed E-state index contributed by atoms with van der Waals surface area (Å²) in [5, 5.41) is 17.7.